The third kappa shape index (κ3) is 4.57. The van der Waals surface area contributed by atoms with Crippen molar-refractivity contribution >= 4 is 0 Å². The summed E-state index contributed by atoms with van der Waals surface area (Å²) in [6, 6.07) is 34.1. The Morgan fingerprint density at radius 2 is 0.816 bits per heavy atom. The maximum absolute atomic E-state index is 5.19. The molecule has 0 radical (unpaired) electrons. The van der Waals surface area contributed by atoms with Crippen LogP contribution in [0.2, 0.25) is 0 Å². The normalized spacial score (nSPS) is 11.2. The molecular formula is C34H30N4. The maximum atomic E-state index is 5.19. The number of rotatable bonds is 5. The van der Waals surface area contributed by atoms with Crippen molar-refractivity contribution in [2.24, 2.45) is 0 Å². The van der Waals surface area contributed by atoms with E-state index in [4.69, 9.17) is 9.97 Å². The fourth-order valence-electron chi connectivity index (χ4n) is 4.60. The molecule has 2 heterocycles. The van der Waals surface area contributed by atoms with Gasteiger partial charge in [-0.05, 0) is 39.8 Å². The van der Waals surface area contributed by atoms with Gasteiger partial charge in [0.2, 0.25) is 5.95 Å². The molecule has 0 fully saturated rings. The zero-order valence-electron chi connectivity index (χ0n) is 22.2. The zero-order valence-corrected chi connectivity index (χ0v) is 22.2. The molecule has 0 amide bonds. The second-order valence-electron chi connectivity index (χ2n) is 10.0. The molecule has 4 nitrogen and oxygen atoms in total. The molecule has 0 N–H and O–H groups in total. The first kappa shape index (κ1) is 23.7. The molecule has 0 aliphatic heterocycles. The highest BCUT2D eigenvalue weighted by Crippen LogP contribution is 2.31. The van der Waals surface area contributed by atoms with Crippen LogP contribution < -0.4 is 0 Å². The maximum Gasteiger partial charge on any atom is 0.220 e. The van der Waals surface area contributed by atoms with Gasteiger partial charge in [-0.2, -0.15) is 0 Å². The van der Waals surface area contributed by atoms with E-state index in [1.54, 1.807) is 0 Å². The van der Waals surface area contributed by atoms with Crippen molar-refractivity contribution in [3.8, 4) is 45.5 Å². The monoisotopic (exact) mass is 494 g/mol. The van der Waals surface area contributed by atoms with Gasteiger partial charge in [-0.15, -0.1) is 0 Å². The van der Waals surface area contributed by atoms with Gasteiger partial charge in [-0.3, -0.25) is 9.13 Å². The molecule has 0 aliphatic rings. The van der Waals surface area contributed by atoms with Gasteiger partial charge in [0, 0.05) is 34.8 Å². The molecular weight excluding hydrogens is 464 g/mol. The third-order valence-corrected chi connectivity index (χ3v) is 6.93. The minimum Gasteiger partial charge on any atom is -0.285 e. The molecule has 0 atom stereocenters. The summed E-state index contributed by atoms with van der Waals surface area (Å²) in [6.07, 6.45) is 4.22. The fraction of sp³-hybridized carbons (Fsp3) is 0.118. The van der Waals surface area contributed by atoms with E-state index in [0.29, 0.717) is 0 Å². The summed E-state index contributed by atoms with van der Waals surface area (Å²) in [5.74, 6) is 1.65. The van der Waals surface area contributed by atoms with Gasteiger partial charge in [0.15, 0.2) is 0 Å². The first-order chi connectivity index (χ1) is 18.4. The summed E-state index contributed by atoms with van der Waals surface area (Å²) >= 11 is 0. The lowest BCUT2D eigenvalue weighted by molar-refractivity contribution is 0.895. The van der Waals surface area contributed by atoms with E-state index < -0.39 is 0 Å². The standard InChI is InChI=1S/C34H30N4/c1-23-5-13-27(14-6-23)31-22-38(33(35-31)29-17-9-25(3)10-18-29)34-36-32(28-15-7-24(2)8-16-28)21-37(34)30-19-11-26(4)12-20-30/h5-22H,1-4H3. The van der Waals surface area contributed by atoms with Crippen LogP contribution in [0.5, 0.6) is 0 Å². The van der Waals surface area contributed by atoms with E-state index in [2.05, 4.69) is 146 Å². The Hall–Kier alpha value is -4.70. The summed E-state index contributed by atoms with van der Waals surface area (Å²) in [6.45, 7) is 8.42. The number of hydrogen-bond donors (Lipinski definition) is 0. The predicted octanol–water partition coefficient (Wildman–Crippen LogP) is 8.29. The van der Waals surface area contributed by atoms with Crippen molar-refractivity contribution < 1.29 is 0 Å². The molecule has 0 spiro atoms. The highest BCUT2D eigenvalue weighted by Gasteiger charge is 2.20. The van der Waals surface area contributed by atoms with Crippen molar-refractivity contribution in [3.63, 3.8) is 0 Å². The summed E-state index contributed by atoms with van der Waals surface area (Å²) in [4.78, 5) is 10.3. The molecule has 6 aromatic rings. The topological polar surface area (TPSA) is 35.6 Å². The smallest absolute Gasteiger partial charge is 0.220 e. The summed E-state index contributed by atoms with van der Waals surface area (Å²) in [7, 11) is 0. The van der Waals surface area contributed by atoms with Crippen molar-refractivity contribution in [1.29, 1.82) is 0 Å². The minimum atomic E-state index is 0.797. The lowest BCUT2D eigenvalue weighted by Gasteiger charge is -2.11. The Balaban J connectivity index is 1.59. The van der Waals surface area contributed by atoms with Gasteiger partial charge < -0.3 is 0 Å². The SMILES string of the molecule is Cc1ccc(-c2cn(-c3nc(-c4ccc(C)cc4)cn3-c3ccc(C)cc3)c(-c3ccc(C)cc3)n2)cc1. The van der Waals surface area contributed by atoms with Crippen LogP contribution in [0.15, 0.2) is 109 Å². The lowest BCUT2D eigenvalue weighted by Crippen LogP contribution is -2.05. The second kappa shape index (κ2) is 9.64. The number of imidazole rings is 2. The number of hydrogen-bond acceptors (Lipinski definition) is 2. The Kier molecular flexibility index (Phi) is 6.01. The van der Waals surface area contributed by atoms with Crippen LogP contribution in [0, 0.1) is 27.7 Å². The molecule has 186 valence electrons. The molecule has 0 saturated carbocycles. The van der Waals surface area contributed by atoms with Crippen LogP contribution in [0.4, 0.5) is 0 Å². The van der Waals surface area contributed by atoms with E-state index in [9.17, 15) is 0 Å². The second-order valence-corrected chi connectivity index (χ2v) is 10.0. The van der Waals surface area contributed by atoms with Crippen LogP contribution in [-0.4, -0.2) is 19.1 Å². The van der Waals surface area contributed by atoms with Gasteiger partial charge in [0.1, 0.15) is 5.82 Å². The van der Waals surface area contributed by atoms with Crippen molar-refractivity contribution in [3.05, 3.63) is 132 Å². The number of nitrogens with zero attached hydrogens (tertiary/aromatic N) is 4. The fourth-order valence-corrected chi connectivity index (χ4v) is 4.60. The van der Waals surface area contributed by atoms with Crippen molar-refractivity contribution in [2.75, 3.05) is 0 Å². The number of benzene rings is 4. The molecule has 2 aromatic heterocycles. The number of aryl methyl sites for hydroxylation is 4. The van der Waals surface area contributed by atoms with Gasteiger partial charge in [-0.1, -0.05) is 107 Å². The van der Waals surface area contributed by atoms with E-state index in [-0.39, 0.29) is 0 Å². The first-order valence-electron chi connectivity index (χ1n) is 12.9. The average molecular weight is 495 g/mol. The average Bonchev–Trinajstić information content (AvgIpc) is 3.56. The van der Waals surface area contributed by atoms with Gasteiger partial charge in [0.05, 0.1) is 11.4 Å². The predicted molar refractivity (Wildman–Crippen MR) is 156 cm³/mol. The van der Waals surface area contributed by atoms with Crippen LogP contribution >= 0.6 is 0 Å². The molecule has 0 aliphatic carbocycles. The van der Waals surface area contributed by atoms with Crippen LogP contribution in [0.25, 0.3) is 45.5 Å². The Morgan fingerprint density at radius 3 is 1.32 bits per heavy atom. The van der Waals surface area contributed by atoms with Crippen molar-refractivity contribution in [1.82, 2.24) is 19.1 Å². The molecule has 6 rings (SSSR count). The van der Waals surface area contributed by atoms with Gasteiger partial charge in [0.25, 0.3) is 0 Å². The Bertz CT molecular complexity index is 1570. The molecule has 0 unspecified atom stereocenters. The van der Waals surface area contributed by atoms with E-state index in [1.807, 2.05) is 0 Å². The molecule has 0 bridgehead atoms. The third-order valence-electron chi connectivity index (χ3n) is 6.93. The quantitative estimate of drug-likeness (QED) is 0.242. The Morgan fingerprint density at radius 1 is 0.421 bits per heavy atom. The van der Waals surface area contributed by atoms with Crippen LogP contribution in [-0.2, 0) is 0 Å². The first-order valence-corrected chi connectivity index (χ1v) is 12.9. The minimum absolute atomic E-state index is 0.797. The highest BCUT2D eigenvalue weighted by molar-refractivity contribution is 5.68. The lowest BCUT2D eigenvalue weighted by atomic mass is 10.1. The zero-order chi connectivity index (χ0) is 26.2. The molecule has 4 heteroatoms. The van der Waals surface area contributed by atoms with Crippen LogP contribution in [0.1, 0.15) is 22.3 Å². The molecule has 4 aromatic carbocycles. The highest BCUT2D eigenvalue weighted by atomic mass is 15.3. The largest absolute Gasteiger partial charge is 0.285 e. The molecule has 0 saturated heterocycles. The summed E-state index contributed by atoms with van der Waals surface area (Å²) in [5, 5.41) is 0. The summed E-state index contributed by atoms with van der Waals surface area (Å²) in [5.41, 5.74) is 11.0. The van der Waals surface area contributed by atoms with Crippen molar-refractivity contribution in [2.45, 2.75) is 27.7 Å². The Labute approximate surface area is 223 Å². The van der Waals surface area contributed by atoms with Crippen LogP contribution in [0.3, 0.4) is 0 Å². The van der Waals surface area contributed by atoms with Gasteiger partial charge >= 0.3 is 0 Å². The van der Waals surface area contributed by atoms with E-state index >= 15 is 0 Å². The van der Waals surface area contributed by atoms with E-state index in [1.165, 1.54) is 22.3 Å². The number of aromatic nitrogens is 4. The summed E-state index contributed by atoms with van der Waals surface area (Å²) < 4.78 is 4.28. The van der Waals surface area contributed by atoms with E-state index in [0.717, 1.165) is 45.5 Å². The van der Waals surface area contributed by atoms with Gasteiger partial charge in [-0.25, -0.2) is 9.97 Å². The molecule has 38 heavy (non-hydrogen) atoms.